The average molecular weight is 170 g/mol. The lowest BCUT2D eigenvalue weighted by Crippen LogP contribution is -2.03. The second kappa shape index (κ2) is 4.93. The second-order valence-corrected chi connectivity index (χ2v) is 2.66. The Morgan fingerprint density at radius 2 is 2.58 bits per heavy atom. The molecular weight excluding hydrogens is 156 g/mol. The molecule has 1 aliphatic heterocycles. The SMILES string of the molecule is CCOC(=O)C=CC1CCCO1. The maximum absolute atomic E-state index is 10.8. The molecule has 68 valence electrons. The molecule has 0 amide bonds. The fourth-order valence-corrected chi connectivity index (χ4v) is 1.13. The third-order valence-corrected chi connectivity index (χ3v) is 1.70. The highest BCUT2D eigenvalue weighted by Gasteiger charge is 2.11. The van der Waals surface area contributed by atoms with Gasteiger partial charge >= 0.3 is 5.97 Å². The van der Waals surface area contributed by atoms with Gasteiger partial charge in [-0.05, 0) is 25.8 Å². The Labute approximate surface area is 72.4 Å². The van der Waals surface area contributed by atoms with Crippen molar-refractivity contribution < 1.29 is 14.3 Å². The summed E-state index contributed by atoms with van der Waals surface area (Å²) in [5.41, 5.74) is 0. The van der Waals surface area contributed by atoms with E-state index < -0.39 is 0 Å². The number of hydrogen-bond donors (Lipinski definition) is 0. The van der Waals surface area contributed by atoms with Crippen molar-refractivity contribution in [1.29, 1.82) is 0 Å². The molecule has 1 heterocycles. The third kappa shape index (κ3) is 3.05. The highest BCUT2D eigenvalue weighted by molar-refractivity contribution is 5.81. The third-order valence-electron chi connectivity index (χ3n) is 1.70. The van der Waals surface area contributed by atoms with Crippen LogP contribution in [0.4, 0.5) is 0 Å². The molecule has 1 rings (SSSR count). The highest BCUT2D eigenvalue weighted by atomic mass is 16.5. The van der Waals surface area contributed by atoms with Crippen LogP contribution in [0.2, 0.25) is 0 Å². The number of carbonyl (C=O) groups is 1. The van der Waals surface area contributed by atoms with Crippen molar-refractivity contribution in [2.45, 2.75) is 25.9 Å². The minimum atomic E-state index is -0.284. The normalized spacial score (nSPS) is 23.2. The van der Waals surface area contributed by atoms with Crippen LogP contribution >= 0.6 is 0 Å². The molecule has 1 fully saturated rings. The van der Waals surface area contributed by atoms with Crippen molar-refractivity contribution in [3.63, 3.8) is 0 Å². The van der Waals surface area contributed by atoms with Crippen molar-refractivity contribution in [2.75, 3.05) is 13.2 Å². The van der Waals surface area contributed by atoms with Crippen LogP contribution in [-0.2, 0) is 14.3 Å². The van der Waals surface area contributed by atoms with Crippen LogP contribution in [0.1, 0.15) is 19.8 Å². The van der Waals surface area contributed by atoms with Crippen LogP contribution in [0.3, 0.4) is 0 Å². The molecule has 0 aromatic heterocycles. The monoisotopic (exact) mass is 170 g/mol. The van der Waals surface area contributed by atoms with Gasteiger partial charge in [0.05, 0.1) is 12.7 Å². The van der Waals surface area contributed by atoms with E-state index in [9.17, 15) is 4.79 Å². The van der Waals surface area contributed by atoms with E-state index in [2.05, 4.69) is 0 Å². The molecule has 0 aromatic rings. The van der Waals surface area contributed by atoms with E-state index in [4.69, 9.17) is 9.47 Å². The van der Waals surface area contributed by atoms with Gasteiger partial charge in [0, 0.05) is 12.7 Å². The van der Waals surface area contributed by atoms with Gasteiger partial charge in [0.25, 0.3) is 0 Å². The zero-order valence-corrected chi connectivity index (χ0v) is 7.29. The fraction of sp³-hybridized carbons (Fsp3) is 0.667. The molecule has 1 unspecified atom stereocenters. The van der Waals surface area contributed by atoms with Gasteiger partial charge in [0.15, 0.2) is 0 Å². The zero-order valence-electron chi connectivity index (χ0n) is 7.29. The Hall–Kier alpha value is -0.830. The van der Waals surface area contributed by atoms with Crippen LogP contribution in [0.15, 0.2) is 12.2 Å². The predicted octanol–water partition coefficient (Wildman–Crippen LogP) is 1.28. The maximum atomic E-state index is 10.8. The summed E-state index contributed by atoms with van der Waals surface area (Å²) in [6, 6.07) is 0. The van der Waals surface area contributed by atoms with E-state index >= 15 is 0 Å². The van der Waals surface area contributed by atoms with E-state index in [-0.39, 0.29) is 12.1 Å². The van der Waals surface area contributed by atoms with Crippen molar-refractivity contribution in [1.82, 2.24) is 0 Å². The Balaban J connectivity index is 2.23. The molecule has 1 saturated heterocycles. The van der Waals surface area contributed by atoms with Crippen molar-refractivity contribution in [2.24, 2.45) is 0 Å². The first-order valence-electron chi connectivity index (χ1n) is 4.29. The van der Waals surface area contributed by atoms with Crippen molar-refractivity contribution in [3.05, 3.63) is 12.2 Å². The Bertz CT molecular complexity index is 169. The van der Waals surface area contributed by atoms with Gasteiger partial charge in [-0.25, -0.2) is 4.79 Å². The van der Waals surface area contributed by atoms with E-state index in [0.717, 1.165) is 19.4 Å². The summed E-state index contributed by atoms with van der Waals surface area (Å²) < 4.78 is 10.0. The van der Waals surface area contributed by atoms with E-state index in [1.165, 1.54) is 6.08 Å². The molecule has 12 heavy (non-hydrogen) atoms. The summed E-state index contributed by atoms with van der Waals surface area (Å²) in [5.74, 6) is -0.284. The van der Waals surface area contributed by atoms with Crippen LogP contribution < -0.4 is 0 Å². The molecule has 3 nitrogen and oxygen atoms in total. The number of hydrogen-bond acceptors (Lipinski definition) is 3. The highest BCUT2D eigenvalue weighted by Crippen LogP contribution is 2.12. The van der Waals surface area contributed by atoms with Gasteiger partial charge < -0.3 is 9.47 Å². The minimum Gasteiger partial charge on any atom is -0.463 e. The Morgan fingerprint density at radius 3 is 3.17 bits per heavy atom. The van der Waals surface area contributed by atoms with Gasteiger partial charge in [-0.1, -0.05) is 0 Å². The Morgan fingerprint density at radius 1 is 1.75 bits per heavy atom. The topological polar surface area (TPSA) is 35.5 Å². The molecular formula is C9H14O3. The fourth-order valence-electron chi connectivity index (χ4n) is 1.13. The first-order valence-corrected chi connectivity index (χ1v) is 4.29. The molecule has 0 spiro atoms. The van der Waals surface area contributed by atoms with Gasteiger partial charge in [-0.15, -0.1) is 0 Å². The molecule has 0 aliphatic carbocycles. The summed E-state index contributed by atoms with van der Waals surface area (Å²) in [7, 11) is 0. The molecule has 1 aliphatic rings. The van der Waals surface area contributed by atoms with Crippen LogP contribution in [0.5, 0.6) is 0 Å². The molecule has 0 bridgehead atoms. The number of esters is 1. The summed E-state index contributed by atoms with van der Waals surface area (Å²) in [6.07, 6.45) is 5.42. The molecule has 0 radical (unpaired) electrons. The maximum Gasteiger partial charge on any atom is 0.330 e. The summed E-state index contributed by atoms with van der Waals surface area (Å²) in [5, 5.41) is 0. The predicted molar refractivity (Wildman–Crippen MR) is 44.7 cm³/mol. The molecule has 0 N–H and O–H groups in total. The zero-order chi connectivity index (χ0) is 8.81. The van der Waals surface area contributed by atoms with Gasteiger partial charge in [-0.2, -0.15) is 0 Å². The second-order valence-electron chi connectivity index (χ2n) is 2.66. The van der Waals surface area contributed by atoms with E-state index in [0.29, 0.717) is 6.61 Å². The van der Waals surface area contributed by atoms with Gasteiger partial charge in [0.1, 0.15) is 0 Å². The first kappa shape index (κ1) is 9.26. The first-order chi connectivity index (χ1) is 5.83. The minimum absolute atomic E-state index is 0.120. The van der Waals surface area contributed by atoms with Crippen LogP contribution in [0, 0.1) is 0 Å². The largest absolute Gasteiger partial charge is 0.463 e. The Kier molecular flexibility index (Phi) is 3.80. The van der Waals surface area contributed by atoms with Crippen molar-refractivity contribution in [3.8, 4) is 0 Å². The summed E-state index contributed by atoms with van der Waals surface area (Å²) in [6.45, 7) is 3.02. The molecule has 0 saturated carbocycles. The van der Waals surface area contributed by atoms with Crippen LogP contribution in [0.25, 0.3) is 0 Å². The summed E-state index contributed by atoms with van der Waals surface area (Å²) in [4.78, 5) is 10.8. The number of carbonyl (C=O) groups excluding carboxylic acids is 1. The lowest BCUT2D eigenvalue weighted by atomic mass is 10.2. The van der Waals surface area contributed by atoms with E-state index in [1.54, 1.807) is 13.0 Å². The van der Waals surface area contributed by atoms with E-state index in [1.807, 2.05) is 0 Å². The average Bonchev–Trinajstić information content (AvgIpc) is 2.53. The summed E-state index contributed by atoms with van der Waals surface area (Å²) >= 11 is 0. The molecule has 3 heteroatoms. The van der Waals surface area contributed by atoms with Crippen molar-refractivity contribution >= 4 is 5.97 Å². The quantitative estimate of drug-likeness (QED) is 0.473. The smallest absolute Gasteiger partial charge is 0.330 e. The lowest BCUT2D eigenvalue weighted by molar-refractivity contribution is -0.137. The molecule has 0 aromatic carbocycles. The standard InChI is InChI=1S/C9H14O3/c1-2-11-9(10)6-5-8-4-3-7-12-8/h5-6,8H,2-4,7H2,1H3. The van der Waals surface area contributed by atoms with Gasteiger partial charge in [0.2, 0.25) is 0 Å². The van der Waals surface area contributed by atoms with Gasteiger partial charge in [-0.3, -0.25) is 0 Å². The number of rotatable bonds is 3. The van der Waals surface area contributed by atoms with Crippen LogP contribution in [-0.4, -0.2) is 25.3 Å². The molecule has 1 atom stereocenters. The number of ether oxygens (including phenoxy) is 2. The lowest BCUT2D eigenvalue weighted by Gasteiger charge is -2.00.